The molecular weight excluding hydrogens is 326 g/mol. The molecule has 0 bridgehead atoms. The van der Waals surface area contributed by atoms with E-state index >= 15 is 0 Å². The van der Waals surface area contributed by atoms with Gasteiger partial charge in [-0.15, -0.1) is 0 Å². The van der Waals surface area contributed by atoms with Crippen LogP contribution in [0.25, 0.3) is 0 Å². The predicted molar refractivity (Wildman–Crippen MR) is 104 cm³/mol. The van der Waals surface area contributed by atoms with Gasteiger partial charge in [0.15, 0.2) is 0 Å². The van der Waals surface area contributed by atoms with Crippen molar-refractivity contribution in [1.82, 2.24) is 10.2 Å². The van der Waals surface area contributed by atoms with Crippen molar-refractivity contribution in [1.29, 1.82) is 0 Å². The van der Waals surface area contributed by atoms with Crippen LogP contribution in [-0.2, 0) is 22.6 Å². The van der Waals surface area contributed by atoms with E-state index in [4.69, 9.17) is 4.74 Å². The molecule has 1 saturated heterocycles. The summed E-state index contributed by atoms with van der Waals surface area (Å²) in [6.07, 6.45) is 0.510. The van der Waals surface area contributed by atoms with Crippen LogP contribution in [0.4, 0.5) is 5.69 Å². The summed E-state index contributed by atoms with van der Waals surface area (Å²) in [6, 6.07) is 18.4. The molecule has 0 aromatic heterocycles. The normalized spacial score (nSPS) is 14.9. The Kier molecular flexibility index (Phi) is 7.19. The van der Waals surface area contributed by atoms with Gasteiger partial charge >= 0.3 is 0 Å². The number of morpholine rings is 1. The fourth-order valence-corrected chi connectivity index (χ4v) is 3.01. The highest BCUT2D eigenvalue weighted by atomic mass is 16.5. The van der Waals surface area contributed by atoms with Crippen molar-refractivity contribution in [3.8, 4) is 0 Å². The quantitative estimate of drug-likeness (QED) is 0.766. The number of carbonyl (C=O) groups excluding carboxylic acids is 1. The Labute approximate surface area is 155 Å². The number of benzene rings is 2. The van der Waals surface area contributed by atoms with E-state index in [1.54, 1.807) is 0 Å². The molecule has 0 aliphatic carbocycles. The summed E-state index contributed by atoms with van der Waals surface area (Å²) in [5, 5.41) is 6.44. The van der Waals surface area contributed by atoms with Crippen molar-refractivity contribution >= 4 is 11.6 Å². The molecule has 2 aromatic carbocycles. The van der Waals surface area contributed by atoms with E-state index < -0.39 is 0 Å². The minimum absolute atomic E-state index is 0.0610. The third-order valence-electron chi connectivity index (χ3n) is 4.47. The van der Waals surface area contributed by atoms with Crippen LogP contribution in [-0.4, -0.2) is 43.7 Å². The second kappa shape index (κ2) is 10.1. The van der Waals surface area contributed by atoms with Gasteiger partial charge in [-0.3, -0.25) is 9.69 Å². The van der Waals surface area contributed by atoms with Crippen molar-refractivity contribution in [2.45, 2.75) is 19.5 Å². The van der Waals surface area contributed by atoms with Gasteiger partial charge in [-0.05, 0) is 23.3 Å². The fraction of sp³-hybridized carbons (Fsp3) is 0.381. The molecule has 26 heavy (non-hydrogen) atoms. The number of carbonyl (C=O) groups is 1. The topological polar surface area (TPSA) is 53.6 Å². The Hall–Kier alpha value is -2.21. The second-order valence-electron chi connectivity index (χ2n) is 6.54. The molecule has 5 heteroatoms. The number of ether oxygens (including phenoxy) is 1. The highest BCUT2D eigenvalue weighted by molar-refractivity contribution is 5.90. The first-order valence-corrected chi connectivity index (χ1v) is 9.23. The largest absolute Gasteiger partial charge is 0.379 e. The molecule has 2 aromatic rings. The van der Waals surface area contributed by atoms with Crippen LogP contribution < -0.4 is 10.6 Å². The van der Waals surface area contributed by atoms with Crippen LogP contribution in [0.2, 0.25) is 0 Å². The lowest BCUT2D eigenvalue weighted by Gasteiger charge is -2.26. The zero-order valence-electron chi connectivity index (χ0n) is 15.1. The highest BCUT2D eigenvalue weighted by Gasteiger charge is 2.12. The van der Waals surface area contributed by atoms with Crippen molar-refractivity contribution in [2.24, 2.45) is 0 Å². The lowest BCUT2D eigenvalue weighted by molar-refractivity contribution is -0.116. The molecule has 1 amide bonds. The van der Waals surface area contributed by atoms with Crippen LogP contribution >= 0.6 is 0 Å². The summed E-state index contributed by atoms with van der Waals surface area (Å²) in [6.45, 7) is 5.74. The molecular formula is C21H27N3O2. The van der Waals surface area contributed by atoms with E-state index in [9.17, 15) is 4.79 Å². The zero-order chi connectivity index (χ0) is 18.0. The predicted octanol–water partition coefficient (Wildman–Crippen LogP) is 2.64. The molecule has 138 valence electrons. The van der Waals surface area contributed by atoms with Gasteiger partial charge < -0.3 is 15.4 Å². The number of anilines is 1. The third kappa shape index (κ3) is 6.26. The first kappa shape index (κ1) is 18.6. The smallest absolute Gasteiger partial charge is 0.225 e. The Balaban J connectivity index is 1.42. The van der Waals surface area contributed by atoms with E-state index in [1.165, 1.54) is 5.56 Å². The van der Waals surface area contributed by atoms with Crippen molar-refractivity contribution in [2.75, 3.05) is 38.2 Å². The van der Waals surface area contributed by atoms with Crippen molar-refractivity contribution in [3.05, 3.63) is 65.7 Å². The number of hydrogen-bond donors (Lipinski definition) is 2. The van der Waals surface area contributed by atoms with Gasteiger partial charge in [-0.25, -0.2) is 0 Å². The zero-order valence-corrected chi connectivity index (χ0v) is 15.1. The highest BCUT2D eigenvalue weighted by Crippen LogP contribution is 2.11. The van der Waals surface area contributed by atoms with E-state index in [0.29, 0.717) is 6.42 Å². The molecule has 0 radical (unpaired) electrons. The first-order valence-electron chi connectivity index (χ1n) is 9.23. The standard InChI is InChI=1S/C21H27N3O2/c25-21(9-10-24-11-13-26-14-12-24)23-20-8-4-7-19(15-20)17-22-16-18-5-2-1-3-6-18/h1-8,15,22H,9-14,16-17H2,(H,23,25). The van der Waals surface area contributed by atoms with E-state index in [0.717, 1.165) is 57.2 Å². The minimum Gasteiger partial charge on any atom is -0.379 e. The molecule has 3 rings (SSSR count). The average molecular weight is 353 g/mol. The monoisotopic (exact) mass is 353 g/mol. The number of hydrogen-bond acceptors (Lipinski definition) is 4. The summed E-state index contributed by atoms with van der Waals surface area (Å²) < 4.78 is 5.33. The number of amides is 1. The molecule has 0 saturated carbocycles. The van der Waals surface area contributed by atoms with Crippen molar-refractivity contribution < 1.29 is 9.53 Å². The van der Waals surface area contributed by atoms with E-state index in [-0.39, 0.29) is 5.91 Å². The van der Waals surface area contributed by atoms with E-state index in [2.05, 4.69) is 33.7 Å². The summed E-state index contributed by atoms with van der Waals surface area (Å²) in [5.74, 6) is 0.0610. The molecule has 1 aliphatic rings. The summed E-state index contributed by atoms with van der Waals surface area (Å²) in [4.78, 5) is 14.5. The fourth-order valence-electron chi connectivity index (χ4n) is 3.01. The maximum Gasteiger partial charge on any atom is 0.225 e. The van der Waals surface area contributed by atoms with Crippen LogP contribution in [0, 0.1) is 0 Å². The lowest BCUT2D eigenvalue weighted by atomic mass is 10.2. The van der Waals surface area contributed by atoms with Gasteiger partial charge in [-0.2, -0.15) is 0 Å². The van der Waals surface area contributed by atoms with Crippen LogP contribution in [0.1, 0.15) is 17.5 Å². The SMILES string of the molecule is O=C(CCN1CCOCC1)Nc1cccc(CNCc2ccccc2)c1. The molecule has 1 fully saturated rings. The maximum absolute atomic E-state index is 12.2. The summed E-state index contributed by atoms with van der Waals surface area (Å²) in [7, 11) is 0. The van der Waals surface area contributed by atoms with Gasteiger partial charge in [0.05, 0.1) is 13.2 Å². The second-order valence-corrected chi connectivity index (χ2v) is 6.54. The molecule has 1 aliphatic heterocycles. The maximum atomic E-state index is 12.2. The van der Waals surface area contributed by atoms with Crippen LogP contribution in [0.5, 0.6) is 0 Å². The molecule has 2 N–H and O–H groups in total. The Morgan fingerprint density at radius 3 is 2.50 bits per heavy atom. The van der Waals surface area contributed by atoms with Crippen molar-refractivity contribution in [3.63, 3.8) is 0 Å². The molecule has 0 unspecified atom stereocenters. The number of rotatable bonds is 8. The Bertz CT molecular complexity index is 685. The number of nitrogens with zero attached hydrogens (tertiary/aromatic N) is 1. The van der Waals surface area contributed by atoms with E-state index in [1.807, 2.05) is 36.4 Å². The van der Waals surface area contributed by atoms with Crippen LogP contribution in [0.15, 0.2) is 54.6 Å². The number of nitrogens with one attached hydrogen (secondary N) is 2. The third-order valence-corrected chi connectivity index (χ3v) is 4.47. The summed E-state index contributed by atoms with van der Waals surface area (Å²) >= 11 is 0. The molecule has 5 nitrogen and oxygen atoms in total. The summed E-state index contributed by atoms with van der Waals surface area (Å²) in [5.41, 5.74) is 3.28. The lowest BCUT2D eigenvalue weighted by Crippen LogP contribution is -2.38. The van der Waals surface area contributed by atoms with Crippen LogP contribution in [0.3, 0.4) is 0 Å². The molecule has 0 atom stereocenters. The average Bonchev–Trinajstić information content (AvgIpc) is 2.68. The molecule has 1 heterocycles. The van der Waals surface area contributed by atoms with Gasteiger partial charge in [0, 0.05) is 44.8 Å². The van der Waals surface area contributed by atoms with Gasteiger partial charge in [0.25, 0.3) is 0 Å². The molecule has 0 spiro atoms. The Morgan fingerprint density at radius 2 is 1.69 bits per heavy atom. The Morgan fingerprint density at radius 1 is 0.962 bits per heavy atom. The first-order chi connectivity index (χ1) is 12.8. The van der Waals surface area contributed by atoms with Gasteiger partial charge in [0.1, 0.15) is 0 Å². The minimum atomic E-state index is 0.0610. The van der Waals surface area contributed by atoms with Gasteiger partial charge in [-0.1, -0.05) is 42.5 Å². The van der Waals surface area contributed by atoms with Gasteiger partial charge in [0.2, 0.25) is 5.91 Å².